The molecule has 5 nitrogen and oxygen atoms in total. The van der Waals surface area contributed by atoms with Crippen molar-refractivity contribution in [1.29, 1.82) is 0 Å². The maximum Gasteiger partial charge on any atom is 0.215 e. The van der Waals surface area contributed by atoms with Crippen molar-refractivity contribution < 1.29 is 13.5 Å². The van der Waals surface area contributed by atoms with Crippen LogP contribution in [0.25, 0.3) is 0 Å². The molecule has 0 aromatic heterocycles. The second kappa shape index (κ2) is 8.04. The van der Waals surface area contributed by atoms with E-state index < -0.39 is 10.0 Å². The van der Waals surface area contributed by atoms with Gasteiger partial charge in [-0.3, -0.25) is 0 Å². The lowest BCUT2D eigenvalue weighted by molar-refractivity contribution is 0.252. The molecule has 0 radical (unpaired) electrons. The van der Waals surface area contributed by atoms with E-state index in [0.29, 0.717) is 13.1 Å². The highest BCUT2D eigenvalue weighted by Gasteiger charge is 2.19. The number of sulfonamides is 1. The maximum absolute atomic E-state index is 11.8. The van der Waals surface area contributed by atoms with Crippen LogP contribution in [0.2, 0.25) is 0 Å². The van der Waals surface area contributed by atoms with E-state index in [1.807, 2.05) is 6.92 Å². The number of hydrogen-bond donors (Lipinski definition) is 2. The van der Waals surface area contributed by atoms with E-state index in [4.69, 9.17) is 5.11 Å². The van der Waals surface area contributed by atoms with Gasteiger partial charge in [0.2, 0.25) is 10.0 Å². The number of aliphatic hydroxyl groups excluding tert-OH is 1. The fraction of sp³-hybridized carbons (Fsp3) is 1.00. The van der Waals surface area contributed by atoms with Crippen LogP contribution in [0.1, 0.15) is 19.8 Å². The molecule has 0 spiro atoms. The molecule has 0 unspecified atom stereocenters. The van der Waals surface area contributed by atoms with Gasteiger partial charge in [0.25, 0.3) is 0 Å². The minimum atomic E-state index is -3.21. The summed E-state index contributed by atoms with van der Waals surface area (Å²) in [5.41, 5.74) is 0. The van der Waals surface area contributed by atoms with E-state index in [-0.39, 0.29) is 18.9 Å². The summed E-state index contributed by atoms with van der Waals surface area (Å²) >= 11 is 0. The molecular formula is C9H22N2O3S. The Morgan fingerprint density at radius 2 is 2.00 bits per heavy atom. The highest BCUT2D eigenvalue weighted by Crippen LogP contribution is 2.03. The molecule has 0 aliphatic heterocycles. The van der Waals surface area contributed by atoms with Crippen LogP contribution in [-0.4, -0.2) is 56.9 Å². The fourth-order valence-electron chi connectivity index (χ4n) is 1.20. The van der Waals surface area contributed by atoms with Crippen molar-refractivity contribution in [2.45, 2.75) is 19.8 Å². The van der Waals surface area contributed by atoms with Gasteiger partial charge < -0.3 is 10.4 Å². The van der Waals surface area contributed by atoms with Crippen molar-refractivity contribution in [2.75, 3.05) is 39.0 Å². The Morgan fingerprint density at radius 1 is 1.33 bits per heavy atom. The smallest absolute Gasteiger partial charge is 0.215 e. The highest BCUT2D eigenvalue weighted by molar-refractivity contribution is 7.89. The summed E-state index contributed by atoms with van der Waals surface area (Å²) in [5.74, 6) is 0.0905. The van der Waals surface area contributed by atoms with Crippen LogP contribution in [0.5, 0.6) is 0 Å². The summed E-state index contributed by atoms with van der Waals surface area (Å²) in [7, 11) is -1.49. The van der Waals surface area contributed by atoms with E-state index in [1.54, 1.807) is 7.05 Å². The average Bonchev–Trinajstić information content (AvgIpc) is 2.21. The summed E-state index contributed by atoms with van der Waals surface area (Å²) in [5, 5.41) is 11.6. The van der Waals surface area contributed by atoms with Gasteiger partial charge in [-0.15, -0.1) is 0 Å². The zero-order valence-electron chi connectivity index (χ0n) is 9.57. The second-order valence-electron chi connectivity index (χ2n) is 3.40. The average molecular weight is 238 g/mol. The first-order valence-electron chi connectivity index (χ1n) is 5.31. The number of hydrogen-bond acceptors (Lipinski definition) is 4. The molecule has 0 aromatic rings. The molecule has 6 heteroatoms. The van der Waals surface area contributed by atoms with Crippen molar-refractivity contribution in [3.05, 3.63) is 0 Å². The molecule has 15 heavy (non-hydrogen) atoms. The van der Waals surface area contributed by atoms with Gasteiger partial charge in [-0.1, -0.05) is 13.3 Å². The third kappa shape index (κ3) is 6.09. The highest BCUT2D eigenvalue weighted by atomic mass is 32.2. The SMILES string of the molecule is CCCCN(CCO)S(=O)(=O)CCNC. The van der Waals surface area contributed by atoms with Gasteiger partial charge in [0.05, 0.1) is 12.4 Å². The van der Waals surface area contributed by atoms with Gasteiger partial charge in [0.15, 0.2) is 0 Å². The lowest BCUT2D eigenvalue weighted by Gasteiger charge is -2.20. The van der Waals surface area contributed by atoms with E-state index in [2.05, 4.69) is 5.32 Å². The molecule has 0 saturated carbocycles. The van der Waals surface area contributed by atoms with Gasteiger partial charge in [-0.25, -0.2) is 8.42 Å². The van der Waals surface area contributed by atoms with Crippen LogP contribution < -0.4 is 5.32 Å². The number of nitrogens with one attached hydrogen (secondary N) is 1. The number of rotatable bonds is 9. The van der Waals surface area contributed by atoms with E-state index >= 15 is 0 Å². The molecule has 0 aliphatic carbocycles. The van der Waals surface area contributed by atoms with Gasteiger partial charge >= 0.3 is 0 Å². The van der Waals surface area contributed by atoms with Gasteiger partial charge in [-0.2, -0.15) is 4.31 Å². The third-order valence-corrected chi connectivity index (χ3v) is 3.99. The molecule has 0 heterocycles. The summed E-state index contributed by atoms with van der Waals surface area (Å²) in [6, 6.07) is 0. The Labute approximate surface area is 92.5 Å². The minimum Gasteiger partial charge on any atom is -0.395 e. The van der Waals surface area contributed by atoms with E-state index in [0.717, 1.165) is 12.8 Å². The summed E-state index contributed by atoms with van der Waals surface area (Å²) in [6.07, 6.45) is 1.78. The quantitative estimate of drug-likeness (QED) is 0.575. The Balaban J connectivity index is 4.30. The molecule has 0 bridgehead atoms. The summed E-state index contributed by atoms with van der Waals surface area (Å²) in [6.45, 7) is 3.03. The molecule has 0 saturated heterocycles. The second-order valence-corrected chi connectivity index (χ2v) is 5.48. The standard InChI is InChI=1S/C9H22N2O3S/c1-3-4-6-11(7-8-12)15(13,14)9-5-10-2/h10,12H,3-9H2,1-2H3. The van der Waals surface area contributed by atoms with Crippen LogP contribution in [0.3, 0.4) is 0 Å². The van der Waals surface area contributed by atoms with Gasteiger partial charge in [0, 0.05) is 19.6 Å². The molecule has 0 fully saturated rings. The van der Waals surface area contributed by atoms with Crippen LogP contribution in [0.15, 0.2) is 0 Å². The summed E-state index contributed by atoms with van der Waals surface area (Å²) in [4.78, 5) is 0. The Kier molecular flexibility index (Phi) is 7.95. The van der Waals surface area contributed by atoms with Crippen LogP contribution in [0.4, 0.5) is 0 Å². The van der Waals surface area contributed by atoms with Crippen molar-refractivity contribution in [3.8, 4) is 0 Å². The monoisotopic (exact) mass is 238 g/mol. The fourth-order valence-corrected chi connectivity index (χ4v) is 2.68. The minimum absolute atomic E-state index is 0.0905. The Bertz CT molecular complexity index is 242. The van der Waals surface area contributed by atoms with Crippen molar-refractivity contribution >= 4 is 10.0 Å². The van der Waals surface area contributed by atoms with Crippen LogP contribution in [0, 0.1) is 0 Å². The molecule has 0 rings (SSSR count). The Hall–Kier alpha value is -0.170. The predicted molar refractivity (Wildman–Crippen MR) is 61.3 cm³/mol. The topological polar surface area (TPSA) is 69.6 Å². The molecule has 92 valence electrons. The summed E-state index contributed by atoms with van der Waals surface area (Å²) < 4.78 is 24.9. The first-order valence-corrected chi connectivity index (χ1v) is 6.92. The molecule has 0 amide bonds. The third-order valence-electron chi connectivity index (χ3n) is 2.11. The maximum atomic E-state index is 11.8. The molecule has 0 aromatic carbocycles. The largest absolute Gasteiger partial charge is 0.395 e. The van der Waals surface area contributed by atoms with E-state index in [1.165, 1.54) is 4.31 Å². The van der Waals surface area contributed by atoms with Crippen LogP contribution in [-0.2, 0) is 10.0 Å². The predicted octanol–water partition coefficient (Wildman–Crippen LogP) is -0.370. The molecule has 0 aliphatic rings. The van der Waals surface area contributed by atoms with Crippen molar-refractivity contribution in [1.82, 2.24) is 9.62 Å². The number of aliphatic hydroxyl groups is 1. The molecular weight excluding hydrogens is 216 g/mol. The Morgan fingerprint density at radius 3 is 2.47 bits per heavy atom. The lowest BCUT2D eigenvalue weighted by Crippen LogP contribution is -2.38. The number of unbranched alkanes of at least 4 members (excludes halogenated alkanes) is 1. The molecule has 2 N–H and O–H groups in total. The first kappa shape index (κ1) is 14.8. The zero-order valence-corrected chi connectivity index (χ0v) is 10.4. The van der Waals surface area contributed by atoms with E-state index in [9.17, 15) is 8.42 Å². The van der Waals surface area contributed by atoms with Crippen molar-refractivity contribution in [3.63, 3.8) is 0 Å². The van der Waals surface area contributed by atoms with Crippen LogP contribution >= 0.6 is 0 Å². The van der Waals surface area contributed by atoms with Gasteiger partial charge in [-0.05, 0) is 13.5 Å². The van der Waals surface area contributed by atoms with Gasteiger partial charge in [0.1, 0.15) is 0 Å². The molecule has 0 atom stereocenters. The normalized spacial score (nSPS) is 12.3. The zero-order chi connectivity index (χ0) is 11.7. The first-order chi connectivity index (χ1) is 7.08. The lowest BCUT2D eigenvalue weighted by atomic mass is 10.3. The van der Waals surface area contributed by atoms with Crippen molar-refractivity contribution in [2.24, 2.45) is 0 Å². The number of nitrogens with zero attached hydrogens (tertiary/aromatic N) is 1.